The molecule has 9 heteroatoms. The normalized spacial score (nSPS) is 13.3. The Morgan fingerprint density at radius 1 is 1.05 bits per heavy atom. The molecule has 1 aliphatic carbocycles. The highest BCUT2D eigenvalue weighted by molar-refractivity contribution is 8.00. The van der Waals surface area contributed by atoms with Gasteiger partial charge < -0.3 is 20.1 Å². The zero-order valence-corrected chi connectivity index (χ0v) is 22.7. The molecule has 0 spiro atoms. The third-order valence-corrected chi connectivity index (χ3v) is 8.29. The van der Waals surface area contributed by atoms with Crippen LogP contribution in [-0.4, -0.2) is 36.8 Å². The number of nitrogens with one attached hydrogen (secondary N) is 2. The van der Waals surface area contributed by atoms with Crippen molar-refractivity contribution in [1.82, 2.24) is 0 Å². The minimum absolute atomic E-state index is 0.194. The number of hydrogen-bond donors (Lipinski definition) is 2. The Hall–Kier alpha value is -3.30. The summed E-state index contributed by atoms with van der Waals surface area (Å²) in [6, 6.07) is 14.3. The minimum atomic E-state index is -0.432. The van der Waals surface area contributed by atoms with Gasteiger partial charge >= 0.3 is 5.97 Å². The zero-order valence-electron chi connectivity index (χ0n) is 21.1. The molecule has 1 heterocycles. The molecule has 2 aromatic carbocycles. The number of thiophene rings is 1. The van der Waals surface area contributed by atoms with Crippen LogP contribution in [0.15, 0.2) is 53.4 Å². The first kappa shape index (κ1) is 26.8. The second-order valence-corrected chi connectivity index (χ2v) is 11.1. The first-order valence-corrected chi connectivity index (χ1v) is 13.9. The van der Waals surface area contributed by atoms with Crippen molar-refractivity contribution in [3.05, 3.63) is 70.1 Å². The SMILES string of the molecule is CCOC(=O)c1c(NC(=O)C(C)Sc2cccc(NC(=O)c3cccc(OC)c3)c2)sc2c1CCCC2. The molecule has 7 nitrogen and oxygen atoms in total. The number of carbonyl (C=O) groups excluding carboxylic acids is 3. The van der Waals surface area contributed by atoms with Crippen molar-refractivity contribution in [3.8, 4) is 5.75 Å². The van der Waals surface area contributed by atoms with E-state index in [1.165, 1.54) is 23.1 Å². The number of rotatable bonds is 9. The van der Waals surface area contributed by atoms with Gasteiger partial charge in [-0.3, -0.25) is 9.59 Å². The fourth-order valence-corrected chi connectivity index (χ4v) is 6.37. The quantitative estimate of drug-likeness (QED) is 0.249. The summed E-state index contributed by atoms with van der Waals surface area (Å²) in [6.07, 6.45) is 3.86. The van der Waals surface area contributed by atoms with Crippen molar-refractivity contribution >= 4 is 51.6 Å². The summed E-state index contributed by atoms with van der Waals surface area (Å²) in [6.45, 7) is 3.88. The van der Waals surface area contributed by atoms with E-state index in [-0.39, 0.29) is 24.4 Å². The van der Waals surface area contributed by atoms with Crippen molar-refractivity contribution in [3.63, 3.8) is 0 Å². The Balaban J connectivity index is 1.43. The lowest BCUT2D eigenvalue weighted by Gasteiger charge is -2.14. The number of hydrogen-bond acceptors (Lipinski definition) is 7. The number of carbonyl (C=O) groups is 3. The molecule has 0 radical (unpaired) electrons. The van der Waals surface area contributed by atoms with E-state index < -0.39 is 5.25 Å². The summed E-state index contributed by atoms with van der Waals surface area (Å²) in [5.74, 6) is -0.216. The van der Waals surface area contributed by atoms with E-state index in [9.17, 15) is 14.4 Å². The molecule has 0 fully saturated rings. The molecule has 0 aliphatic heterocycles. The fourth-order valence-electron chi connectivity index (χ4n) is 4.16. The lowest BCUT2D eigenvalue weighted by molar-refractivity contribution is -0.115. The van der Waals surface area contributed by atoms with E-state index in [0.29, 0.717) is 27.6 Å². The van der Waals surface area contributed by atoms with Gasteiger partial charge in [-0.25, -0.2) is 4.79 Å². The number of thioether (sulfide) groups is 1. The van der Waals surface area contributed by atoms with Crippen LogP contribution in [0.25, 0.3) is 0 Å². The molecule has 1 aromatic heterocycles. The highest BCUT2D eigenvalue weighted by atomic mass is 32.2. The van der Waals surface area contributed by atoms with Gasteiger partial charge in [-0.2, -0.15) is 0 Å². The van der Waals surface area contributed by atoms with Crippen LogP contribution in [0.4, 0.5) is 10.7 Å². The standard InChI is InChI=1S/C28H30N2O5S2/c1-4-35-28(33)24-22-13-5-6-14-23(22)37-27(24)30-25(31)17(2)36-21-12-8-10-19(16-21)29-26(32)18-9-7-11-20(15-18)34-3/h7-12,15-17H,4-6,13-14H2,1-3H3,(H,29,32)(H,30,31). The van der Waals surface area contributed by atoms with Gasteiger partial charge in [0, 0.05) is 21.0 Å². The first-order valence-electron chi connectivity index (χ1n) is 12.2. The van der Waals surface area contributed by atoms with Gasteiger partial charge in [-0.15, -0.1) is 23.1 Å². The average Bonchev–Trinajstić information content (AvgIpc) is 3.26. The number of ether oxygens (including phenoxy) is 2. The third kappa shape index (κ3) is 6.53. The van der Waals surface area contributed by atoms with Crippen molar-refractivity contribution in [1.29, 1.82) is 0 Å². The maximum atomic E-state index is 13.1. The number of fused-ring (bicyclic) bond motifs is 1. The van der Waals surface area contributed by atoms with Crippen LogP contribution < -0.4 is 15.4 Å². The van der Waals surface area contributed by atoms with E-state index in [4.69, 9.17) is 9.47 Å². The summed E-state index contributed by atoms with van der Waals surface area (Å²) >= 11 is 2.86. The van der Waals surface area contributed by atoms with Gasteiger partial charge in [0.25, 0.3) is 5.91 Å². The Morgan fingerprint density at radius 3 is 2.62 bits per heavy atom. The summed E-state index contributed by atoms with van der Waals surface area (Å²) in [5, 5.41) is 6.02. The van der Waals surface area contributed by atoms with Crippen LogP contribution in [0, 0.1) is 0 Å². The summed E-state index contributed by atoms with van der Waals surface area (Å²) in [4.78, 5) is 40.5. The van der Waals surface area contributed by atoms with E-state index >= 15 is 0 Å². The monoisotopic (exact) mass is 538 g/mol. The number of benzene rings is 2. The van der Waals surface area contributed by atoms with Crippen molar-refractivity contribution in [2.75, 3.05) is 24.4 Å². The lowest BCUT2D eigenvalue weighted by atomic mass is 9.95. The van der Waals surface area contributed by atoms with Crippen LogP contribution in [0.2, 0.25) is 0 Å². The van der Waals surface area contributed by atoms with Crippen LogP contribution in [0.3, 0.4) is 0 Å². The van der Waals surface area contributed by atoms with Gasteiger partial charge in [0.05, 0.1) is 24.5 Å². The first-order chi connectivity index (χ1) is 17.9. The molecule has 0 saturated carbocycles. The van der Waals surface area contributed by atoms with E-state index in [1.54, 1.807) is 44.4 Å². The Morgan fingerprint density at radius 2 is 1.84 bits per heavy atom. The Labute approximate surface area is 224 Å². The molecule has 2 amide bonds. The van der Waals surface area contributed by atoms with Gasteiger partial charge in [0.2, 0.25) is 5.91 Å². The fraction of sp³-hybridized carbons (Fsp3) is 0.321. The number of esters is 1. The predicted octanol–water partition coefficient (Wildman–Crippen LogP) is 6.18. The highest BCUT2D eigenvalue weighted by Gasteiger charge is 2.28. The van der Waals surface area contributed by atoms with Crippen LogP contribution in [-0.2, 0) is 22.4 Å². The van der Waals surface area contributed by atoms with E-state index in [1.807, 2.05) is 25.1 Å². The summed E-state index contributed by atoms with van der Waals surface area (Å²) in [7, 11) is 1.55. The van der Waals surface area contributed by atoms with E-state index in [0.717, 1.165) is 41.0 Å². The Bertz CT molecular complexity index is 1300. The molecule has 3 aromatic rings. The van der Waals surface area contributed by atoms with Gasteiger partial charge in [0.1, 0.15) is 10.8 Å². The number of anilines is 2. The molecule has 2 N–H and O–H groups in total. The number of methoxy groups -OCH3 is 1. The molecule has 37 heavy (non-hydrogen) atoms. The molecule has 4 rings (SSSR count). The topological polar surface area (TPSA) is 93.7 Å². The minimum Gasteiger partial charge on any atom is -0.497 e. The third-order valence-electron chi connectivity index (χ3n) is 5.99. The lowest BCUT2D eigenvalue weighted by Crippen LogP contribution is -2.23. The van der Waals surface area contributed by atoms with Crippen LogP contribution in [0.5, 0.6) is 5.75 Å². The van der Waals surface area contributed by atoms with Gasteiger partial charge in [0.15, 0.2) is 0 Å². The molecule has 1 unspecified atom stereocenters. The maximum absolute atomic E-state index is 13.1. The van der Waals surface area contributed by atoms with Crippen molar-refractivity contribution < 1.29 is 23.9 Å². The van der Waals surface area contributed by atoms with Gasteiger partial charge in [-0.05, 0) is 81.5 Å². The van der Waals surface area contributed by atoms with Crippen LogP contribution >= 0.6 is 23.1 Å². The predicted molar refractivity (Wildman–Crippen MR) is 148 cm³/mol. The zero-order chi connectivity index (χ0) is 26.4. The molecule has 0 saturated heterocycles. The summed E-state index contributed by atoms with van der Waals surface area (Å²) in [5.41, 5.74) is 2.64. The highest BCUT2D eigenvalue weighted by Crippen LogP contribution is 2.39. The smallest absolute Gasteiger partial charge is 0.341 e. The largest absolute Gasteiger partial charge is 0.497 e. The molecular weight excluding hydrogens is 508 g/mol. The number of aryl methyl sites for hydroxylation is 1. The average molecular weight is 539 g/mol. The second kappa shape index (κ2) is 12.3. The Kier molecular flexibility index (Phi) is 8.89. The van der Waals surface area contributed by atoms with Crippen molar-refractivity contribution in [2.45, 2.75) is 49.7 Å². The summed E-state index contributed by atoms with van der Waals surface area (Å²) < 4.78 is 10.5. The van der Waals surface area contributed by atoms with Gasteiger partial charge in [-0.1, -0.05) is 12.1 Å². The van der Waals surface area contributed by atoms with Crippen molar-refractivity contribution in [2.24, 2.45) is 0 Å². The van der Waals surface area contributed by atoms with E-state index in [2.05, 4.69) is 10.6 Å². The molecule has 1 aliphatic rings. The molecule has 1 atom stereocenters. The molecule has 0 bridgehead atoms. The number of amides is 2. The second-order valence-electron chi connectivity index (χ2n) is 8.60. The maximum Gasteiger partial charge on any atom is 0.341 e. The molecular formula is C28H30N2O5S2. The van der Waals surface area contributed by atoms with Crippen LogP contribution in [0.1, 0.15) is 57.8 Å². The molecule has 194 valence electrons.